The Hall–Kier alpha value is -0.780. The predicted molar refractivity (Wildman–Crippen MR) is 91.2 cm³/mol. The van der Waals surface area contributed by atoms with Crippen LogP contribution < -0.4 is 5.32 Å². The summed E-state index contributed by atoms with van der Waals surface area (Å²) in [5, 5.41) is 4.22. The molecule has 0 amide bonds. The number of rotatable bonds is 4. The third-order valence-corrected chi connectivity index (χ3v) is 4.68. The smallest absolute Gasteiger partial charge is 0.134 e. The van der Waals surface area contributed by atoms with Crippen LogP contribution in [-0.2, 0) is 13.0 Å². The SMILES string of the molecule is CCc1nc(-c2ccc(Br)cc2F)sc1CNC(C)(C)C. The molecule has 0 unspecified atom stereocenters. The minimum atomic E-state index is -0.240. The number of benzene rings is 1. The minimum absolute atomic E-state index is 0.0536. The molecule has 114 valence electrons. The van der Waals surface area contributed by atoms with E-state index in [-0.39, 0.29) is 11.4 Å². The second kappa shape index (κ2) is 6.55. The van der Waals surface area contributed by atoms with Crippen molar-refractivity contribution in [3.8, 4) is 10.6 Å². The van der Waals surface area contributed by atoms with Crippen LogP contribution >= 0.6 is 27.3 Å². The molecular formula is C16H20BrFN2S. The van der Waals surface area contributed by atoms with Crippen LogP contribution in [0.25, 0.3) is 10.6 Å². The Morgan fingerprint density at radius 3 is 2.62 bits per heavy atom. The molecule has 0 saturated carbocycles. The molecule has 0 saturated heterocycles. The first-order valence-corrected chi connectivity index (χ1v) is 8.60. The molecule has 1 N–H and O–H groups in total. The lowest BCUT2D eigenvalue weighted by Gasteiger charge is -2.20. The van der Waals surface area contributed by atoms with Gasteiger partial charge in [0.1, 0.15) is 10.8 Å². The monoisotopic (exact) mass is 370 g/mol. The number of nitrogens with zero attached hydrogens (tertiary/aromatic N) is 1. The summed E-state index contributed by atoms with van der Waals surface area (Å²) < 4.78 is 14.8. The molecule has 2 nitrogen and oxygen atoms in total. The van der Waals surface area contributed by atoms with Gasteiger partial charge in [0.05, 0.1) is 5.69 Å². The second-order valence-electron chi connectivity index (χ2n) is 5.97. The number of aromatic nitrogens is 1. The van der Waals surface area contributed by atoms with Crippen molar-refractivity contribution in [3.63, 3.8) is 0 Å². The van der Waals surface area contributed by atoms with E-state index in [1.807, 2.05) is 6.07 Å². The first-order valence-electron chi connectivity index (χ1n) is 6.99. The van der Waals surface area contributed by atoms with Crippen molar-refractivity contribution in [3.05, 3.63) is 39.1 Å². The van der Waals surface area contributed by atoms with Gasteiger partial charge in [0.25, 0.3) is 0 Å². The average molecular weight is 371 g/mol. The van der Waals surface area contributed by atoms with Crippen LogP contribution in [0, 0.1) is 5.82 Å². The third-order valence-electron chi connectivity index (χ3n) is 3.05. The highest BCUT2D eigenvalue weighted by Crippen LogP contribution is 2.31. The number of halogens is 2. The van der Waals surface area contributed by atoms with Crippen molar-refractivity contribution in [2.24, 2.45) is 0 Å². The van der Waals surface area contributed by atoms with Crippen LogP contribution in [0.3, 0.4) is 0 Å². The van der Waals surface area contributed by atoms with Gasteiger partial charge in [-0.2, -0.15) is 0 Å². The first kappa shape index (κ1) is 16.6. The molecule has 0 spiro atoms. The number of hydrogen-bond acceptors (Lipinski definition) is 3. The molecule has 21 heavy (non-hydrogen) atoms. The Morgan fingerprint density at radius 2 is 2.05 bits per heavy atom. The van der Waals surface area contributed by atoms with Gasteiger partial charge in [-0.05, 0) is 45.4 Å². The van der Waals surface area contributed by atoms with E-state index in [1.54, 1.807) is 17.4 Å². The van der Waals surface area contributed by atoms with Gasteiger partial charge in [-0.25, -0.2) is 9.37 Å². The van der Waals surface area contributed by atoms with Gasteiger partial charge < -0.3 is 5.32 Å². The molecule has 2 rings (SSSR count). The summed E-state index contributed by atoms with van der Waals surface area (Å²) in [6.07, 6.45) is 0.857. The van der Waals surface area contributed by atoms with Gasteiger partial charge >= 0.3 is 0 Å². The summed E-state index contributed by atoms with van der Waals surface area (Å²) in [6, 6.07) is 5.10. The lowest BCUT2D eigenvalue weighted by Crippen LogP contribution is -2.35. The van der Waals surface area contributed by atoms with Crippen LogP contribution in [0.15, 0.2) is 22.7 Å². The Morgan fingerprint density at radius 1 is 1.33 bits per heavy atom. The molecule has 1 aromatic heterocycles. The molecule has 2 aromatic rings. The van der Waals surface area contributed by atoms with Crippen molar-refractivity contribution in [2.45, 2.75) is 46.2 Å². The Bertz CT molecular complexity index is 632. The lowest BCUT2D eigenvalue weighted by atomic mass is 10.1. The van der Waals surface area contributed by atoms with E-state index in [4.69, 9.17) is 0 Å². The third kappa shape index (κ3) is 4.34. The van der Waals surface area contributed by atoms with Crippen molar-refractivity contribution >= 4 is 27.3 Å². The van der Waals surface area contributed by atoms with Gasteiger partial charge in [0.2, 0.25) is 0 Å². The van der Waals surface area contributed by atoms with Crippen LogP contribution in [0.2, 0.25) is 0 Å². The Balaban J connectivity index is 2.31. The van der Waals surface area contributed by atoms with Crippen LogP contribution in [0.5, 0.6) is 0 Å². The molecule has 0 aliphatic heterocycles. The zero-order valence-corrected chi connectivity index (χ0v) is 15.2. The zero-order chi connectivity index (χ0) is 15.6. The van der Waals surface area contributed by atoms with E-state index >= 15 is 0 Å². The molecule has 5 heteroatoms. The van der Waals surface area contributed by atoms with Gasteiger partial charge in [-0.3, -0.25) is 0 Å². The maximum absolute atomic E-state index is 14.1. The highest BCUT2D eigenvalue weighted by atomic mass is 79.9. The quantitative estimate of drug-likeness (QED) is 0.803. The highest BCUT2D eigenvalue weighted by Gasteiger charge is 2.16. The van der Waals surface area contributed by atoms with E-state index in [9.17, 15) is 4.39 Å². The second-order valence-corrected chi connectivity index (χ2v) is 7.97. The van der Waals surface area contributed by atoms with Crippen molar-refractivity contribution in [2.75, 3.05) is 0 Å². The van der Waals surface area contributed by atoms with E-state index in [0.29, 0.717) is 5.56 Å². The molecule has 0 radical (unpaired) electrons. The number of aryl methyl sites for hydroxylation is 1. The summed E-state index contributed by atoms with van der Waals surface area (Å²) >= 11 is 4.85. The molecule has 1 aromatic carbocycles. The number of hydrogen-bond donors (Lipinski definition) is 1. The maximum Gasteiger partial charge on any atom is 0.134 e. The largest absolute Gasteiger partial charge is 0.307 e. The summed E-state index contributed by atoms with van der Waals surface area (Å²) in [6.45, 7) is 9.25. The standard InChI is InChI=1S/C16H20BrFN2S/c1-5-13-14(9-19-16(2,3)4)21-15(20-13)11-7-6-10(17)8-12(11)18/h6-8,19H,5,9H2,1-4H3. The maximum atomic E-state index is 14.1. The summed E-state index contributed by atoms with van der Waals surface area (Å²) in [4.78, 5) is 5.80. The molecular weight excluding hydrogens is 351 g/mol. The molecule has 0 atom stereocenters. The Kier molecular flexibility index (Phi) is 5.17. The molecule has 0 bridgehead atoms. The van der Waals surface area contributed by atoms with Crippen LogP contribution in [0.4, 0.5) is 4.39 Å². The summed E-state index contributed by atoms with van der Waals surface area (Å²) in [5.74, 6) is -0.240. The minimum Gasteiger partial charge on any atom is -0.307 e. The topological polar surface area (TPSA) is 24.9 Å². The van der Waals surface area contributed by atoms with E-state index in [2.05, 4.69) is 53.9 Å². The zero-order valence-electron chi connectivity index (χ0n) is 12.8. The molecule has 0 fully saturated rings. The van der Waals surface area contributed by atoms with E-state index in [1.165, 1.54) is 10.9 Å². The molecule has 1 heterocycles. The first-order chi connectivity index (χ1) is 9.80. The van der Waals surface area contributed by atoms with Crippen molar-refractivity contribution in [1.82, 2.24) is 10.3 Å². The average Bonchev–Trinajstić information content (AvgIpc) is 2.78. The normalized spacial score (nSPS) is 11.9. The van der Waals surface area contributed by atoms with Crippen LogP contribution in [-0.4, -0.2) is 10.5 Å². The highest BCUT2D eigenvalue weighted by molar-refractivity contribution is 9.10. The van der Waals surface area contributed by atoms with Gasteiger partial charge in [0.15, 0.2) is 0 Å². The number of thiazole rings is 1. The molecule has 0 aliphatic rings. The van der Waals surface area contributed by atoms with E-state index in [0.717, 1.165) is 28.1 Å². The molecule has 0 aliphatic carbocycles. The van der Waals surface area contributed by atoms with Crippen LogP contribution in [0.1, 0.15) is 38.3 Å². The fourth-order valence-electron chi connectivity index (χ4n) is 1.92. The van der Waals surface area contributed by atoms with Gasteiger partial charge in [-0.15, -0.1) is 11.3 Å². The Labute approximate surface area is 137 Å². The fraction of sp³-hybridized carbons (Fsp3) is 0.438. The van der Waals surface area contributed by atoms with Crippen molar-refractivity contribution in [1.29, 1.82) is 0 Å². The van der Waals surface area contributed by atoms with Crippen molar-refractivity contribution < 1.29 is 4.39 Å². The van der Waals surface area contributed by atoms with E-state index < -0.39 is 0 Å². The summed E-state index contributed by atoms with van der Waals surface area (Å²) in [7, 11) is 0. The van der Waals surface area contributed by atoms with Gasteiger partial charge in [0, 0.05) is 27.0 Å². The lowest BCUT2D eigenvalue weighted by molar-refractivity contribution is 0.425. The van der Waals surface area contributed by atoms with Gasteiger partial charge in [-0.1, -0.05) is 22.9 Å². The fourth-order valence-corrected chi connectivity index (χ4v) is 3.37. The summed E-state index contributed by atoms with van der Waals surface area (Å²) in [5.41, 5.74) is 1.67. The predicted octanol–water partition coefficient (Wildman–Crippen LogP) is 5.16. The number of nitrogens with one attached hydrogen (secondary N) is 1.